The van der Waals surface area contributed by atoms with Crippen LogP contribution in [-0.2, 0) is 9.53 Å². The van der Waals surface area contributed by atoms with E-state index in [1.54, 1.807) is 24.3 Å². The number of nitrogens with zero attached hydrogens (tertiary/aromatic N) is 1. The summed E-state index contributed by atoms with van der Waals surface area (Å²) in [4.78, 5) is 13.1. The van der Waals surface area contributed by atoms with Gasteiger partial charge in [0.05, 0.1) is 12.6 Å². The molecular formula is C19H16Cl2F3NO3. The number of carbonyl (C=O) groups excluding carboxylic acids is 1. The zero-order valence-electron chi connectivity index (χ0n) is 14.4. The maximum atomic E-state index is 13.6. The zero-order valence-corrected chi connectivity index (χ0v) is 15.9. The van der Waals surface area contributed by atoms with Gasteiger partial charge < -0.3 is 14.7 Å². The molecule has 3 rings (SSSR count). The lowest BCUT2D eigenvalue weighted by Crippen LogP contribution is -2.57. The molecule has 2 aromatic carbocycles. The van der Waals surface area contributed by atoms with Crippen LogP contribution < -0.4 is 0 Å². The molecule has 9 heteroatoms. The van der Waals surface area contributed by atoms with Gasteiger partial charge >= 0.3 is 6.18 Å². The first kappa shape index (κ1) is 20.9. The molecule has 1 aliphatic rings. The Bertz CT molecular complexity index is 845. The summed E-state index contributed by atoms with van der Waals surface area (Å²) < 4.78 is 46.4. The molecule has 2 aromatic rings. The Hall–Kier alpha value is -1.80. The standard InChI is InChI=1S/C19H16Cl2F3NO3/c20-13-6-4-11(5-7-13)17-18(12-2-1-3-14(21)8-12)28-10-16(27)25(17)15(9-26)19(22,23)24/h1-8,15,17-18,26H,9-10H2/t15-,17+,18+/m0/s1. The van der Waals surface area contributed by atoms with E-state index in [9.17, 15) is 23.1 Å². The summed E-state index contributed by atoms with van der Waals surface area (Å²) in [7, 11) is 0. The molecular weight excluding hydrogens is 418 g/mol. The minimum absolute atomic E-state index is 0.383. The molecule has 0 radical (unpaired) electrons. The van der Waals surface area contributed by atoms with Gasteiger partial charge in [-0.2, -0.15) is 13.2 Å². The SMILES string of the molecule is O=C1CO[C@H](c2cccc(Cl)c2)[C@@H](c2ccc(Cl)cc2)N1[C@@H](CO)C(F)(F)F. The molecule has 0 saturated carbocycles. The first-order chi connectivity index (χ1) is 13.2. The van der Waals surface area contributed by atoms with Crippen LogP contribution in [0.3, 0.4) is 0 Å². The maximum absolute atomic E-state index is 13.6. The number of aliphatic hydroxyl groups is 1. The molecule has 1 saturated heterocycles. The smallest absolute Gasteiger partial charge is 0.394 e. The number of ether oxygens (including phenoxy) is 1. The molecule has 1 heterocycles. The number of carbonyl (C=O) groups is 1. The number of alkyl halides is 3. The number of amides is 1. The van der Waals surface area contributed by atoms with Crippen LogP contribution in [0.5, 0.6) is 0 Å². The largest absolute Gasteiger partial charge is 0.411 e. The van der Waals surface area contributed by atoms with Crippen molar-refractivity contribution in [2.24, 2.45) is 0 Å². The van der Waals surface area contributed by atoms with E-state index in [1.807, 2.05) is 0 Å². The van der Waals surface area contributed by atoms with Crippen molar-refractivity contribution in [2.75, 3.05) is 13.2 Å². The highest BCUT2D eigenvalue weighted by Gasteiger charge is 2.51. The minimum atomic E-state index is -4.81. The average Bonchev–Trinajstić information content (AvgIpc) is 2.63. The Morgan fingerprint density at radius 1 is 1.11 bits per heavy atom. The van der Waals surface area contributed by atoms with Gasteiger partial charge in [0.25, 0.3) is 0 Å². The fourth-order valence-electron chi connectivity index (χ4n) is 3.30. The molecule has 1 amide bonds. The Morgan fingerprint density at radius 2 is 1.79 bits per heavy atom. The van der Waals surface area contributed by atoms with Gasteiger partial charge in [0.2, 0.25) is 5.91 Å². The molecule has 0 aromatic heterocycles. The van der Waals surface area contributed by atoms with Gasteiger partial charge in [-0.3, -0.25) is 4.79 Å². The summed E-state index contributed by atoms with van der Waals surface area (Å²) in [6.45, 7) is -1.81. The fraction of sp³-hybridized carbons (Fsp3) is 0.316. The van der Waals surface area contributed by atoms with Gasteiger partial charge in [-0.1, -0.05) is 47.5 Å². The summed E-state index contributed by atoms with van der Waals surface area (Å²) in [5.74, 6) is -0.866. The van der Waals surface area contributed by atoms with Crippen LogP contribution in [0.2, 0.25) is 10.0 Å². The molecule has 28 heavy (non-hydrogen) atoms. The summed E-state index contributed by atoms with van der Waals surface area (Å²) >= 11 is 11.9. The highest BCUT2D eigenvalue weighted by Crippen LogP contribution is 2.44. The summed E-state index contributed by atoms with van der Waals surface area (Å²) in [5.41, 5.74) is 0.911. The molecule has 1 N–H and O–H groups in total. The normalized spacial score (nSPS) is 21.6. The van der Waals surface area contributed by atoms with Crippen molar-refractivity contribution in [3.05, 3.63) is 69.7 Å². The third kappa shape index (κ3) is 4.27. The molecule has 1 fully saturated rings. The van der Waals surface area contributed by atoms with Crippen LogP contribution in [0.15, 0.2) is 48.5 Å². The molecule has 0 unspecified atom stereocenters. The third-order valence-corrected chi connectivity index (χ3v) is 5.02. The van der Waals surface area contributed by atoms with Crippen LogP contribution in [-0.4, -0.2) is 41.3 Å². The third-order valence-electron chi connectivity index (χ3n) is 4.54. The fourth-order valence-corrected chi connectivity index (χ4v) is 3.63. The number of hydrogen-bond donors (Lipinski definition) is 1. The highest BCUT2D eigenvalue weighted by molar-refractivity contribution is 6.30. The van der Waals surface area contributed by atoms with E-state index in [2.05, 4.69) is 0 Å². The summed E-state index contributed by atoms with van der Waals surface area (Å²) in [5, 5.41) is 10.2. The molecule has 4 nitrogen and oxygen atoms in total. The monoisotopic (exact) mass is 433 g/mol. The predicted octanol–water partition coefficient (Wildman–Crippen LogP) is 4.56. The van der Waals surface area contributed by atoms with Gasteiger partial charge in [0, 0.05) is 10.0 Å². The van der Waals surface area contributed by atoms with Crippen molar-refractivity contribution in [1.82, 2.24) is 4.90 Å². The van der Waals surface area contributed by atoms with Crippen molar-refractivity contribution in [1.29, 1.82) is 0 Å². The van der Waals surface area contributed by atoms with E-state index in [0.29, 0.717) is 26.1 Å². The molecule has 0 bridgehead atoms. The number of hydrogen-bond acceptors (Lipinski definition) is 3. The van der Waals surface area contributed by atoms with Gasteiger partial charge in [0.15, 0.2) is 6.04 Å². The van der Waals surface area contributed by atoms with Gasteiger partial charge in [-0.15, -0.1) is 0 Å². The van der Waals surface area contributed by atoms with Crippen molar-refractivity contribution in [3.8, 4) is 0 Å². The first-order valence-electron chi connectivity index (χ1n) is 8.33. The van der Waals surface area contributed by atoms with Crippen LogP contribution >= 0.6 is 23.2 Å². The number of aliphatic hydroxyl groups excluding tert-OH is 1. The molecule has 3 atom stereocenters. The van der Waals surface area contributed by atoms with Gasteiger partial charge in [-0.05, 0) is 35.4 Å². The van der Waals surface area contributed by atoms with E-state index >= 15 is 0 Å². The van der Waals surface area contributed by atoms with E-state index in [4.69, 9.17) is 27.9 Å². The Kier molecular flexibility index (Phi) is 6.19. The second-order valence-electron chi connectivity index (χ2n) is 6.32. The van der Waals surface area contributed by atoms with E-state index in [1.165, 1.54) is 24.3 Å². The van der Waals surface area contributed by atoms with Crippen LogP contribution in [0.4, 0.5) is 13.2 Å². The lowest BCUT2D eigenvalue weighted by Gasteiger charge is -2.45. The lowest BCUT2D eigenvalue weighted by atomic mass is 9.91. The summed E-state index contributed by atoms with van der Waals surface area (Å²) in [6.07, 6.45) is -5.72. The Morgan fingerprint density at radius 3 is 2.36 bits per heavy atom. The van der Waals surface area contributed by atoms with E-state index < -0.39 is 43.5 Å². The van der Waals surface area contributed by atoms with Gasteiger partial charge in [0.1, 0.15) is 12.7 Å². The Balaban J connectivity index is 2.14. The second kappa shape index (κ2) is 8.29. The molecule has 0 aliphatic carbocycles. The number of morpholine rings is 1. The van der Waals surface area contributed by atoms with Crippen molar-refractivity contribution < 1.29 is 27.8 Å². The lowest BCUT2D eigenvalue weighted by molar-refractivity contribution is -0.220. The minimum Gasteiger partial charge on any atom is -0.394 e. The molecule has 0 spiro atoms. The quantitative estimate of drug-likeness (QED) is 0.768. The molecule has 1 aliphatic heterocycles. The maximum Gasteiger partial charge on any atom is 0.411 e. The summed E-state index contributed by atoms with van der Waals surface area (Å²) in [6, 6.07) is 9.11. The van der Waals surface area contributed by atoms with Crippen LogP contribution in [0.25, 0.3) is 0 Å². The number of rotatable bonds is 4. The van der Waals surface area contributed by atoms with E-state index in [0.717, 1.165) is 0 Å². The topological polar surface area (TPSA) is 49.8 Å². The van der Waals surface area contributed by atoms with Crippen molar-refractivity contribution in [3.63, 3.8) is 0 Å². The van der Waals surface area contributed by atoms with Crippen molar-refractivity contribution in [2.45, 2.75) is 24.4 Å². The van der Waals surface area contributed by atoms with Crippen LogP contribution in [0.1, 0.15) is 23.3 Å². The van der Waals surface area contributed by atoms with E-state index in [-0.39, 0.29) is 0 Å². The van der Waals surface area contributed by atoms with Crippen molar-refractivity contribution >= 4 is 29.1 Å². The average molecular weight is 434 g/mol. The predicted molar refractivity (Wildman–Crippen MR) is 98.1 cm³/mol. The number of halogens is 5. The highest BCUT2D eigenvalue weighted by atomic mass is 35.5. The Labute approximate surface area is 169 Å². The zero-order chi connectivity index (χ0) is 20.5. The first-order valence-corrected chi connectivity index (χ1v) is 9.09. The van der Waals surface area contributed by atoms with Crippen LogP contribution in [0, 0.1) is 0 Å². The number of benzene rings is 2. The second-order valence-corrected chi connectivity index (χ2v) is 7.20. The molecule has 150 valence electrons. The van der Waals surface area contributed by atoms with Gasteiger partial charge in [-0.25, -0.2) is 0 Å².